The van der Waals surface area contributed by atoms with Gasteiger partial charge in [-0.1, -0.05) is 35.5 Å². The van der Waals surface area contributed by atoms with Crippen LogP contribution in [-0.2, 0) is 6.54 Å². The van der Waals surface area contributed by atoms with Crippen molar-refractivity contribution in [2.45, 2.75) is 30.6 Å². The van der Waals surface area contributed by atoms with Crippen molar-refractivity contribution >= 4 is 57.6 Å². The molecule has 0 fully saturated rings. The van der Waals surface area contributed by atoms with Gasteiger partial charge in [-0.25, -0.2) is 0 Å². The van der Waals surface area contributed by atoms with E-state index in [0.29, 0.717) is 18.1 Å². The summed E-state index contributed by atoms with van der Waals surface area (Å²) in [6, 6.07) is 16.0. The molecule has 2 aromatic carbocycles. The number of halogens is 2. The van der Waals surface area contributed by atoms with E-state index in [1.54, 1.807) is 18.7 Å². The number of benzene rings is 2. The standard InChI is InChI=1S/C23H23Cl2N2O2S/c1-15(28)13-27-20-4-2-3-5-22(20)30-23(27)10-16-8-9-26(14-18(29)12-24)21-11-17(25)6-7-19(16)21/h2-11,15,18,28-29H,12-14H2,1H3/q+1. The minimum absolute atomic E-state index is 0.171. The molecule has 2 N–H and O–H groups in total. The molecule has 2 atom stereocenters. The Morgan fingerprint density at radius 3 is 2.73 bits per heavy atom. The molecule has 0 bridgehead atoms. The van der Waals surface area contributed by atoms with E-state index >= 15 is 0 Å². The van der Waals surface area contributed by atoms with E-state index in [1.807, 2.05) is 47.2 Å². The molecule has 1 aliphatic rings. The summed E-state index contributed by atoms with van der Waals surface area (Å²) >= 11 is 13.8. The quantitative estimate of drug-likeness (QED) is 0.413. The van der Waals surface area contributed by atoms with E-state index in [1.165, 1.54) is 4.90 Å². The zero-order chi connectivity index (χ0) is 21.3. The molecule has 0 saturated heterocycles. The molecule has 4 rings (SSSR count). The van der Waals surface area contributed by atoms with Crippen molar-refractivity contribution in [3.8, 4) is 0 Å². The molecule has 2 unspecified atom stereocenters. The number of aromatic nitrogens is 1. The topological polar surface area (TPSA) is 47.6 Å². The molecule has 7 heteroatoms. The SMILES string of the molecule is CC(O)CN1/C(=C/c2cc[n+](CC(O)CCl)c3cc(Cl)ccc23)Sc2ccccc21. The Bertz CT molecular complexity index is 1100. The Balaban J connectivity index is 1.80. The number of hydrogen-bond acceptors (Lipinski definition) is 4. The number of hydrogen-bond donors (Lipinski definition) is 2. The van der Waals surface area contributed by atoms with Crippen LogP contribution in [0.15, 0.2) is 64.7 Å². The normalized spacial score (nSPS) is 16.8. The summed E-state index contributed by atoms with van der Waals surface area (Å²) in [7, 11) is 0. The number of alkyl halides is 1. The smallest absolute Gasteiger partial charge is 0.214 e. The Labute approximate surface area is 190 Å². The molecule has 30 heavy (non-hydrogen) atoms. The summed E-state index contributed by atoms with van der Waals surface area (Å²) < 4.78 is 1.97. The summed E-state index contributed by atoms with van der Waals surface area (Å²) in [5.74, 6) is 0.171. The summed E-state index contributed by atoms with van der Waals surface area (Å²) in [5, 5.41) is 22.8. The van der Waals surface area contributed by atoms with Gasteiger partial charge >= 0.3 is 0 Å². The molecule has 1 aromatic heterocycles. The number of aliphatic hydroxyl groups excluding tert-OH is 2. The lowest BCUT2D eigenvalue weighted by Gasteiger charge is -2.22. The van der Waals surface area contributed by atoms with Gasteiger partial charge in [-0.15, -0.1) is 11.6 Å². The molecular formula is C23H23Cl2N2O2S+. The van der Waals surface area contributed by atoms with Gasteiger partial charge in [0, 0.05) is 28.6 Å². The van der Waals surface area contributed by atoms with Gasteiger partial charge in [-0.3, -0.25) is 0 Å². The highest BCUT2D eigenvalue weighted by molar-refractivity contribution is 8.03. The predicted octanol–water partition coefficient (Wildman–Crippen LogP) is 4.67. The van der Waals surface area contributed by atoms with Crippen LogP contribution in [0, 0.1) is 0 Å². The van der Waals surface area contributed by atoms with Crippen LogP contribution in [0.3, 0.4) is 0 Å². The number of β-amino-alcohol motifs (C(OH)–C–C–N with tert-alkyl or cyclic N) is 1. The average Bonchev–Trinajstić information content (AvgIpc) is 3.06. The number of nitrogens with zero attached hydrogens (tertiary/aromatic N) is 2. The Hall–Kier alpha value is -1.76. The fourth-order valence-electron chi connectivity index (χ4n) is 3.63. The highest BCUT2D eigenvalue weighted by atomic mass is 35.5. The second-order valence-corrected chi connectivity index (χ2v) is 9.21. The minimum Gasteiger partial charge on any atom is -0.392 e. The lowest BCUT2D eigenvalue weighted by molar-refractivity contribution is -0.677. The van der Waals surface area contributed by atoms with Crippen molar-refractivity contribution in [2.75, 3.05) is 17.3 Å². The first-order valence-electron chi connectivity index (χ1n) is 9.76. The third kappa shape index (κ3) is 4.46. The van der Waals surface area contributed by atoms with Gasteiger partial charge in [0.25, 0.3) is 0 Å². The summed E-state index contributed by atoms with van der Waals surface area (Å²) in [4.78, 5) is 3.33. The van der Waals surface area contributed by atoms with E-state index in [2.05, 4.69) is 23.1 Å². The lowest BCUT2D eigenvalue weighted by Crippen LogP contribution is -2.41. The Kier molecular flexibility index (Phi) is 6.56. The summed E-state index contributed by atoms with van der Waals surface area (Å²) in [6.45, 7) is 2.72. The third-order valence-electron chi connectivity index (χ3n) is 4.96. The molecule has 4 nitrogen and oxygen atoms in total. The predicted molar refractivity (Wildman–Crippen MR) is 125 cm³/mol. The first kappa shape index (κ1) is 21.5. The van der Waals surface area contributed by atoms with Gasteiger partial charge in [0.1, 0.15) is 6.10 Å². The molecule has 156 valence electrons. The summed E-state index contributed by atoms with van der Waals surface area (Å²) in [6.07, 6.45) is 3.01. The maximum absolute atomic E-state index is 10.0. The molecule has 1 aliphatic heterocycles. The molecule has 3 aromatic rings. The number of para-hydroxylation sites is 1. The maximum atomic E-state index is 10.0. The van der Waals surface area contributed by atoms with Gasteiger partial charge in [-0.05, 0) is 42.8 Å². The first-order chi connectivity index (χ1) is 14.5. The molecule has 0 spiro atoms. The van der Waals surface area contributed by atoms with Gasteiger partial charge in [0.15, 0.2) is 12.7 Å². The third-order valence-corrected chi connectivity index (χ3v) is 6.67. The second-order valence-electron chi connectivity index (χ2n) is 7.41. The van der Waals surface area contributed by atoms with Crippen LogP contribution in [0.5, 0.6) is 0 Å². The molecule has 0 amide bonds. The lowest BCUT2D eigenvalue weighted by atomic mass is 10.1. The molecule has 0 aliphatic carbocycles. The van der Waals surface area contributed by atoms with E-state index in [-0.39, 0.29) is 5.88 Å². The zero-order valence-electron chi connectivity index (χ0n) is 16.5. The van der Waals surface area contributed by atoms with Gasteiger partial charge in [-0.2, -0.15) is 4.57 Å². The fraction of sp³-hybridized carbons (Fsp3) is 0.261. The van der Waals surface area contributed by atoms with Crippen LogP contribution in [0.4, 0.5) is 5.69 Å². The first-order valence-corrected chi connectivity index (χ1v) is 11.5. The average molecular weight is 462 g/mol. The van der Waals surface area contributed by atoms with Crippen LogP contribution in [0.2, 0.25) is 5.02 Å². The van der Waals surface area contributed by atoms with E-state index in [9.17, 15) is 10.2 Å². The highest BCUT2D eigenvalue weighted by Crippen LogP contribution is 2.46. The summed E-state index contributed by atoms with van der Waals surface area (Å²) in [5.41, 5.74) is 3.09. The fourth-order valence-corrected chi connectivity index (χ4v) is 5.02. The van der Waals surface area contributed by atoms with Gasteiger partial charge < -0.3 is 15.1 Å². The van der Waals surface area contributed by atoms with Crippen molar-refractivity contribution < 1.29 is 14.8 Å². The van der Waals surface area contributed by atoms with Crippen LogP contribution in [0.25, 0.3) is 17.0 Å². The van der Waals surface area contributed by atoms with Gasteiger partial charge in [0.05, 0.1) is 28.1 Å². The molecule has 0 saturated carbocycles. The number of anilines is 1. The number of aliphatic hydroxyl groups is 2. The highest BCUT2D eigenvalue weighted by Gasteiger charge is 2.26. The van der Waals surface area contributed by atoms with Gasteiger partial charge in [0.2, 0.25) is 5.52 Å². The van der Waals surface area contributed by atoms with Crippen molar-refractivity contribution in [1.82, 2.24) is 0 Å². The van der Waals surface area contributed by atoms with E-state index in [4.69, 9.17) is 23.2 Å². The van der Waals surface area contributed by atoms with Crippen LogP contribution < -0.4 is 9.47 Å². The Morgan fingerprint density at radius 1 is 1.17 bits per heavy atom. The minimum atomic E-state index is -0.635. The Morgan fingerprint density at radius 2 is 1.97 bits per heavy atom. The zero-order valence-corrected chi connectivity index (χ0v) is 18.8. The molecule has 2 heterocycles. The largest absolute Gasteiger partial charge is 0.392 e. The van der Waals surface area contributed by atoms with Crippen LogP contribution in [-0.4, -0.2) is 34.8 Å². The van der Waals surface area contributed by atoms with Crippen molar-refractivity contribution in [1.29, 1.82) is 0 Å². The van der Waals surface area contributed by atoms with E-state index in [0.717, 1.165) is 27.2 Å². The molecular weight excluding hydrogens is 439 g/mol. The number of rotatable bonds is 6. The van der Waals surface area contributed by atoms with Crippen LogP contribution >= 0.6 is 35.0 Å². The van der Waals surface area contributed by atoms with Crippen LogP contribution in [0.1, 0.15) is 12.5 Å². The van der Waals surface area contributed by atoms with Crippen molar-refractivity contribution in [3.63, 3.8) is 0 Å². The molecule has 0 radical (unpaired) electrons. The van der Waals surface area contributed by atoms with E-state index < -0.39 is 12.2 Å². The number of pyridine rings is 1. The monoisotopic (exact) mass is 461 g/mol. The second kappa shape index (κ2) is 9.16. The number of thioether (sulfide) groups is 1. The number of fused-ring (bicyclic) bond motifs is 2. The van der Waals surface area contributed by atoms with Crippen molar-refractivity contribution in [3.05, 3.63) is 70.3 Å². The van der Waals surface area contributed by atoms with Crippen molar-refractivity contribution in [2.24, 2.45) is 0 Å². The maximum Gasteiger partial charge on any atom is 0.214 e.